The van der Waals surface area contributed by atoms with Crippen LogP contribution in [0.15, 0.2) is 6.07 Å². The monoisotopic (exact) mass is 281 g/mol. The third kappa shape index (κ3) is 4.05. The lowest BCUT2D eigenvalue weighted by Gasteiger charge is -2.16. The van der Waals surface area contributed by atoms with Gasteiger partial charge in [-0.15, -0.1) is 11.3 Å². The van der Waals surface area contributed by atoms with Crippen LogP contribution in [0.1, 0.15) is 59.1 Å². The Morgan fingerprint density at radius 1 is 1.42 bits per heavy atom. The minimum absolute atomic E-state index is 0.448. The first kappa shape index (κ1) is 14.5. The van der Waals surface area contributed by atoms with Crippen molar-refractivity contribution in [3.8, 4) is 0 Å². The number of aromatic carboxylic acids is 1. The molecule has 1 aromatic rings. The molecule has 1 aliphatic carbocycles. The van der Waals surface area contributed by atoms with E-state index in [4.69, 9.17) is 5.11 Å². The van der Waals surface area contributed by atoms with Gasteiger partial charge >= 0.3 is 5.97 Å². The molecular weight excluding hydrogens is 258 g/mol. The highest BCUT2D eigenvalue weighted by Crippen LogP contribution is 2.24. The Hall–Kier alpha value is -0.870. The molecule has 3 nitrogen and oxygen atoms in total. The molecule has 4 heteroatoms. The van der Waals surface area contributed by atoms with Gasteiger partial charge in [-0.25, -0.2) is 4.79 Å². The summed E-state index contributed by atoms with van der Waals surface area (Å²) in [6.45, 7) is 5.14. The van der Waals surface area contributed by atoms with Crippen molar-refractivity contribution >= 4 is 17.3 Å². The highest BCUT2D eigenvalue weighted by Gasteiger charge is 2.17. The molecule has 0 aliphatic heterocycles. The number of carbonyl (C=O) groups is 1. The van der Waals surface area contributed by atoms with Gasteiger partial charge in [0.05, 0.1) is 0 Å². The molecule has 1 aromatic heterocycles. The van der Waals surface area contributed by atoms with Crippen LogP contribution in [0, 0.1) is 12.8 Å². The van der Waals surface area contributed by atoms with Crippen molar-refractivity contribution in [2.24, 2.45) is 5.92 Å². The summed E-state index contributed by atoms with van der Waals surface area (Å²) >= 11 is 1.37. The Morgan fingerprint density at radius 2 is 2.21 bits per heavy atom. The fourth-order valence-corrected chi connectivity index (χ4v) is 3.63. The van der Waals surface area contributed by atoms with Crippen LogP contribution < -0.4 is 5.32 Å². The van der Waals surface area contributed by atoms with E-state index in [9.17, 15) is 4.79 Å². The number of carboxylic acid groups (broad SMARTS) is 1. The van der Waals surface area contributed by atoms with Crippen LogP contribution in [0.25, 0.3) is 0 Å². The van der Waals surface area contributed by atoms with Gasteiger partial charge in [-0.1, -0.05) is 19.8 Å². The summed E-state index contributed by atoms with van der Waals surface area (Å²) in [7, 11) is 0. The minimum atomic E-state index is -0.817. The Kier molecular flexibility index (Phi) is 4.99. The molecule has 106 valence electrons. The molecule has 1 saturated carbocycles. The second-order valence-electron chi connectivity index (χ2n) is 5.69. The zero-order chi connectivity index (χ0) is 13.8. The normalized spacial score (nSPS) is 24.1. The molecule has 0 aromatic carbocycles. The van der Waals surface area contributed by atoms with Gasteiger partial charge in [0.25, 0.3) is 0 Å². The lowest BCUT2D eigenvalue weighted by atomic mass is 10.0. The maximum Gasteiger partial charge on any atom is 0.345 e. The number of rotatable bonds is 4. The summed E-state index contributed by atoms with van der Waals surface area (Å²) in [5.74, 6) is 0.0379. The molecule has 2 rings (SSSR count). The van der Waals surface area contributed by atoms with Gasteiger partial charge in [0.1, 0.15) is 4.88 Å². The zero-order valence-corrected chi connectivity index (χ0v) is 12.6. The average Bonchev–Trinajstić information content (AvgIpc) is 2.60. The number of carboxylic acids is 1. The first-order valence-corrected chi connectivity index (χ1v) is 7.94. The summed E-state index contributed by atoms with van der Waals surface area (Å²) in [6, 6.07) is 2.41. The van der Waals surface area contributed by atoms with E-state index in [2.05, 4.69) is 12.2 Å². The SMILES string of the molecule is Cc1sc(C(=O)O)cc1CNC1CCCC(C)CC1. The van der Waals surface area contributed by atoms with Gasteiger partial charge in [-0.3, -0.25) is 0 Å². The summed E-state index contributed by atoms with van der Waals surface area (Å²) in [4.78, 5) is 12.5. The highest BCUT2D eigenvalue weighted by atomic mass is 32.1. The van der Waals surface area contributed by atoms with E-state index in [-0.39, 0.29) is 0 Å². The van der Waals surface area contributed by atoms with Crippen molar-refractivity contribution in [1.82, 2.24) is 5.32 Å². The van der Waals surface area contributed by atoms with Crippen LogP contribution in [0.4, 0.5) is 0 Å². The smallest absolute Gasteiger partial charge is 0.345 e. The Morgan fingerprint density at radius 3 is 2.89 bits per heavy atom. The third-order valence-electron chi connectivity index (χ3n) is 4.07. The topological polar surface area (TPSA) is 49.3 Å². The number of hydrogen-bond donors (Lipinski definition) is 2. The Labute approximate surface area is 119 Å². The lowest BCUT2D eigenvalue weighted by molar-refractivity contribution is 0.0702. The average molecular weight is 281 g/mol. The van der Waals surface area contributed by atoms with Crippen molar-refractivity contribution in [1.29, 1.82) is 0 Å². The van der Waals surface area contributed by atoms with E-state index in [1.807, 2.05) is 13.0 Å². The first-order valence-electron chi connectivity index (χ1n) is 7.12. The largest absolute Gasteiger partial charge is 0.477 e. The van der Waals surface area contributed by atoms with E-state index < -0.39 is 5.97 Å². The highest BCUT2D eigenvalue weighted by molar-refractivity contribution is 7.14. The molecule has 1 aliphatic rings. The van der Waals surface area contributed by atoms with Crippen molar-refractivity contribution in [2.75, 3.05) is 0 Å². The van der Waals surface area contributed by atoms with E-state index in [0.717, 1.165) is 22.9 Å². The predicted octanol–water partition coefficient (Wildman–Crippen LogP) is 3.81. The van der Waals surface area contributed by atoms with Crippen LogP contribution in [0.5, 0.6) is 0 Å². The van der Waals surface area contributed by atoms with E-state index in [1.165, 1.54) is 43.4 Å². The number of nitrogens with one attached hydrogen (secondary N) is 1. The second-order valence-corrected chi connectivity index (χ2v) is 6.94. The molecule has 1 fully saturated rings. The molecule has 1 heterocycles. The van der Waals surface area contributed by atoms with Crippen molar-refractivity contribution in [3.05, 3.63) is 21.4 Å². The summed E-state index contributed by atoms with van der Waals surface area (Å²) in [5, 5.41) is 12.6. The molecule has 0 spiro atoms. The molecule has 0 amide bonds. The summed E-state index contributed by atoms with van der Waals surface area (Å²) < 4.78 is 0. The molecule has 2 atom stereocenters. The number of aryl methyl sites for hydroxylation is 1. The fourth-order valence-electron chi connectivity index (χ4n) is 2.75. The predicted molar refractivity (Wildman–Crippen MR) is 78.9 cm³/mol. The maximum atomic E-state index is 10.9. The van der Waals surface area contributed by atoms with E-state index in [1.54, 1.807) is 0 Å². The molecule has 2 unspecified atom stereocenters. The molecule has 2 N–H and O–H groups in total. The van der Waals surface area contributed by atoms with Crippen molar-refractivity contribution < 1.29 is 9.90 Å². The standard InChI is InChI=1S/C15H23NO2S/c1-10-4-3-5-13(7-6-10)16-9-12-8-14(15(17)18)19-11(12)2/h8,10,13,16H,3-7,9H2,1-2H3,(H,17,18). The Balaban J connectivity index is 1.89. The fraction of sp³-hybridized carbons (Fsp3) is 0.667. The van der Waals surface area contributed by atoms with Gasteiger partial charge in [0, 0.05) is 17.5 Å². The lowest BCUT2D eigenvalue weighted by Crippen LogP contribution is -2.28. The number of thiophene rings is 1. The molecular formula is C15H23NO2S. The van der Waals surface area contributed by atoms with Crippen molar-refractivity contribution in [2.45, 2.75) is 58.5 Å². The quantitative estimate of drug-likeness (QED) is 0.825. The maximum absolute atomic E-state index is 10.9. The van der Waals surface area contributed by atoms with E-state index >= 15 is 0 Å². The molecule has 0 saturated heterocycles. The second kappa shape index (κ2) is 6.53. The third-order valence-corrected chi connectivity index (χ3v) is 5.15. The van der Waals surface area contributed by atoms with Crippen LogP contribution in [0.2, 0.25) is 0 Å². The van der Waals surface area contributed by atoms with Gasteiger partial charge in [0.2, 0.25) is 0 Å². The molecule has 0 radical (unpaired) electrons. The first-order chi connectivity index (χ1) is 9.06. The Bertz CT molecular complexity index is 441. The van der Waals surface area contributed by atoms with Gasteiger partial charge in [-0.2, -0.15) is 0 Å². The molecule has 19 heavy (non-hydrogen) atoms. The van der Waals surface area contributed by atoms with Crippen LogP contribution in [-0.4, -0.2) is 17.1 Å². The molecule has 0 bridgehead atoms. The van der Waals surface area contributed by atoms with Gasteiger partial charge in [0.15, 0.2) is 0 Å². The minimum Gasteiger partial charge on any atom is -0.477 e. The number of hydrogen-bond acceptors (Lipinski definition) is 3. The van der Waals surface area contributed by atoms with Gasteiger partial charge in [-0.05, 0) is 43.7 Å². The van der Waals surface area contributed by atoms with Gasteiger partial charge < -0.3 is 10.4 Å². The summed E-state index contributed by atoms with van der Waals surface area (Å²) in [5.41, 5.74) is 1.14. The van der Waals surface area contributed by atoms with Crippen LogP contribution >= 0.6 is 11.3 Å². The van der Waals surface area contributed by atoms with Crippen LogP contribution in [-0.2, 0) is 6.54 Å². The van der Waals surface area contributed by atoms with Crippen LogP contribution in [0.3, 0.4) is 0 Å². The zero-order valence-electron chi connectivity index (χ0n) is 11.7. The van der Waals surface area contributed by atoms with Crippen molar-refractivity contribution in [3.63, 3.8) is 0 Å². The summed E-state index contributed by atoms with van der Waals surface area (Å²) in [6.07, 6.45) is 6.46. The van der Waals surface area contributed by atoms with E-state index in [0.29, 0.717) is 10.9 Å².